The highest BCUT2D eigenvalue weighted by Gasteiger charge is 2.40. The summed E-state index contributed by atoms with van der Waals surface area (Å²) in [6, 6.07) is 3.76. The first-order valence-electron chi connectivity index (χ1n) is 7.38. The summed E-state index contributed by atoms with van der Waals surface area (Å²) >= 11 is 16.9. The molecule has 142 valence electrons. The number of nitrogens with one attached hydrogen (secondary N) is 2. The Kier molecular flexibility index (Phi) is 6.49. The van der Waals surface area contributed by atoms with E-state index in [2.05, 4.69) is 17.2 Å². The van der Waals surface area contributed by atoms with Crippen LogP contribution in [0.2, 0.25) is 0 Å². The number of esters is 1. The summed E-state index contributed by atoms with van der Waals surface area (Å²) in [5.41, 5.74) is 0.761. The van der Waals surface area contributed by atoms with Gasteiger partial charge in [-0.25, -0.2) is 4.79 Å². The van der Waals surface area contributed by atoms with Gasteiger partial charge >= 0.3 is 12.0 Å². The zero-order valence-electron chi connectivity index (χ0n) is 14.0. The summed E-state index contributed by atoms with van der Waals surface area (Å²) in [4.78, 5) is 24.4. The van der Waals surface area contributed by atoms with Crippen molar-refractivity contribution in [1.82, 2.24) is 10.6 Å². The second kappa shape index (κ2) is 8.24. The average Bonchev–Trinajstić information content (AvgIpc) is 2.57. The normalized spacial score (nSPS) is 20.0. The maximum Gasteiger partial charge on any atom is 0.319 e. The van der Waals surface area contributed by atoms with Crippen LogP contribution in [0.4, 0.5) is 4.79 Å². The highest BCUT2D eigenvalue weighted by molar-refractivity contribution is 6.67. The van der Waals surface area contributed by atoms with Crippen LogP contribution in [-0.2, 0) is 9.53 Å². The van der Waals surface area contributed by atoms with E-state index in [4.69, 9.17) is 49.0 Å². The number of benzene rings is 1. The Labute approximate surface area is 165 Å². The van der Waals surface area contributed by atoms with E-state index >= 15 is 0 Å². The van der Waals surface area contributed by atoms with E-state index in [-0.39, 0.29) is 5.70 Å². The van der Waals surface area contributed by atoms with E-state index in [9.17, 15) is 9.59 Å². The highest BCUT2D eigenvalue weighted by Crippen LogP contribution is 2.36. The van der Waals surface area contributed by atoms with Crippen LogP contribution < -0.4 is 20.1 Å². The Balaban J connectivity index is 2.34. The molecule has 1 aromatic rings. The molecule has 7 nitrogen and oxygen atoms in total. The van der Waals surface area contributed by atoms with E-state index in [1.165, 1.54) is 14.2 Å². The Hall–Kier alpha value is -1.83. The quantitative estimate of drug-likeness (QED) is 0.561. The standard InChI is InChI=1S/C16H17Cl3N2O5/c1-8-12(14(22)26-7-16(17,18)19)13(21-15(23)20-8)9-4-5-10(24-2)11(6-9)25-3/h4-6,12-13H,1,7H2,2-3H3,(H2,20,21,23). The molecule has 0 radical (unpaired) electrons. The third-order valence-electron chi connectivity index (χ3n) is 3.67. The number of amides is 2. The molecule has 1 fully saturated rings. The van der Waals surface area contributed by atoms with Crippen molar-refractivity contribution >= 4 is 46.8 Å². The fraction of sp³-hybridized carbons (Fsp3) is 0.375. The number of halogens is 3. The molecule has 2 atom stereocenters. The molecule has 2 N–H and O–H groups in total. The summed E-state index contributed by atoms with van der Waals surface area (Å²) in [6.45, 7) is 3.30. The molecule has 1 heterocycles. The van der Waals surface area contributed by atoms with Crippen LogP contribution in [0.3, 0.4) is 0 Å². The van der Waals surface area contributed by atoms with Crippen LogP contribution in [0.1, 0.15) is 11.6 Å². The molecule has 26 heavy (non-hydrogen) atoms. The van der Waals surface area contributed by atoms with Crippen molar-refractivity contribution in [3.05, 3.63) is 36.0 Å². The van der Waals surface area contributed by atoms with Gasteiger partial charge in [0.2, 0.25) is 3.79 Å². The first-order chi connectivity index (χ1) is 12.2. The van der Waals surface area contributed by atoms with E-state index in [1.54, 1.807) is 18.2 Å². The lowest BCUT2D eigenvalue weighted by molar-refractivity contribution is -0.148. The monoisotopic (exact) mass is 422 g/mol. The number of carbonyl (C=O) groups excluding carboxylic acids is 2. The zero-order valence-corrected chi connectivity index (χ0v) is 16.2. The second-order valence-electron chi connectivity index (χ2n) is 5.42. The van der Waals surface area contributed by atoms with E-state index in [0.29, 0.717) is 17.1 Å². The molecular formula is C16H17Cl3N2O5. The number of alkyl halides is 3. The number of rotatable bonds is 5. The molecule has 1 aliphatic heterocycles. The smallest absolute Gasteiger partial charge is 0.319 e. The van der Waals surface area contributed by atoms with Gasteiger partial charge in [-0.15, -0.1) is 0 Å². The minimum absolute atomic E-state index is 0.169. The number of urea groups is 1. The minimum atomic E-state index is -1.75. The van der Waals surface area contributed by atoms with Gasteiger partial charge in [0, 0.05) is 5.70 Å². The Morgan fingerprint density at radius 2 is 1.88 bits per heavy atom. The van der Waals surface area contributed by atoms with Crippen molar-refractivity contribution in [1.29, 1.82) is 0 Å². The van der Waals surface area contributed by atoms with Gasteiger partial charge in [0.25, 0.3) is 0 Å². The topological polar surface area (TPSA) is 85.9 Å². The molecule has 10 heteroatoms. The van der Waals surface area contributed by atoms with Crippen molar-refractivity contribution in [3.8, 4) is 11.5 Å². The summed E-state index contributed by atoms with van der Waals surface area (Å²) in [5, 5.41) is 5.13. The van der Waals surface area contributed by atoms with Gasteiger partial charge in [-0.2, -0.15) is 0 Å². The van der Waals surface area contributed by atoms with Gasteiger partial charge < -0.3 is 24.8 Å². The Bertz CT molecular complexity index is 720. The molecule has 0 saturated carbocycles. The zero-order chi connectivity index (χ0) is 19.5. The van der Waals surface area contributed by atoms with Crippen LogP contribution in [0.5, 0.6) is 11.5 Å². The lowest BCUT2D eigenvalue weighted by Crippen LogP contribution is -2.51. The van der Waals surface area contributed by atoms with Gasteiger partial charge in [0.1, 0.15) is 12.5 Å². The van der Waals surface area contributed by atoms with Gasteiger partial charge in [-0.05, 0) is 17.7 Å². The molecule has 2 amide bonds. The van der Waals surface area contributed by atoms with Crippen molar-refractivity contribution < 1.29 is 23.8 Å². The first-order valence-corrected chi connectivity index (χ1v) is 8.51. The van der Waals surface area contributed by atoms with E-state index in [0.717, 1.165) is 0 Å². The summed E-state index contributed by atoms with van der Waals surface area (Å²) < 4.78 is 13.8. The number of ether oxygens (including phenoxy) is 3. The van der Waals surface area contributed by atoms with Gasteiger partial charge in [0.05, 0.1) is 20.3 Å². The number of hydrogen-bond acceptors (Lipinski definition) is 5. The predicted molar refractivity (Wildman–Crippen MR) is 97.8 cm³/mol. The molecule has 1 saturated heterocycles. The maximum absolute atomic E-state index is 12.5. The third-order valence-corrected chi connectivity index (χ3v) is 4.00. The van der Waals surface area contributed by atoms with Gasteiger partial charge in [-0.3, -0.25) is 4.79 Å². The summed E-state index contributed by atoms with van der Waals surface area (Å²) in [7, 11) is 2.98. The lowest BCUT2D eigenvalue weighted by atomic mass is 9.89. The van der Waals surface area contributed by atoms with Crippen LogP contribution in [0.15, 0.2) is 30.5 Å². The van der Waals surface area contributed by atoms with Gasteiger partial charge in [-0.1, -0.05) is 47.4 Å². The molecule has 1 aliphatic rings. The fourth-order valence-electron chi connectivity index (χ4n) is 2.53. The summed E-state index contributed by atoms with van der Waals surface area (Å²) in [5.74, 6) is -0.686. The van der Waals surface area contributed by atoms with Crippen LogP contribution in [0.25, 0.3) is 0 Å². The largest absolute Gasteiger partial charge is 0.493 e. The van der Waals surface area contributed by atoms with Gasteiger partial charge in [0.15, 0.2) is 11.5 Å². The highest BCUT2D eigenvalue weighted by atomic mass is 35.6. The average molecular weight is 424 g/mol. The predicted octanol–water partition coefficient (Wildman–Crippen LogP) is 3.10. The van der Waals surface area contributed by atoms with Crippen LogP contribution in [0, 0.1) is 5.92 Å². The van der Waals surface area contributed by atoms with Crippen LogP contribution in [-0.4, -0.2) is 36.6 Å². The minimum Gasteiger partial charge on any atom is -0.493 e. The van der Waals surface area contributed by atoms with Crippen LogP contribution >= 0.6 is 34.8 Å². The van der Waals surface area contributed by atoms with Crippen molar-refractivity contribution in [2.75, 3.05) is 20.8 Å². The second-order valence-corrected chi connectivity index (χ2v) is 7.93. The Morgan fingerprint density at radius 3 is 2.46 bits per heavy atom. The molecule has 0 aliphatic carbocycles. The van der Waals surface area contributed by atoms with Crippen molar-refractivity contribution in [2.45, 2.75) is 9.83 Å². The molecule has 0 spiro atoms. The number of hydrogen-bond donors (Lipinski definition) is 2. The molecule has 0 aromatic heterocycles. The molecule has 2 rings (SSSR count). The maximum atomic E-state index is 12.5. The lowest BCUT2D eigenvalue weighted by Gasteiger charge is -2.33. The fourth-order valence-corrected chi connectivity index (χ4v) is 2.69. The summed E-state index contributed by atoms with van der Waals surface area (Å²) in [6.07, 6.45) is 0. The van der Waals surface area contributed by atoms with Crippen molar-refractivity contribution in [2.24, 2.45) is 5.92 Å². The van der Waals surface area contributed by atoms with Crippen molar-refractivity contribution in [3.63, 3.8) is 0 Å². The molecular weight excluding hydrogens is 407 g/mol. The SMILES string of the molecule is C=C1NC(=O)NC(c2ccc(OC)c(OC)c2)C1C(=O)OCC(Cl)(Cl)Cl. The van der Waals surface area contributed by atoms with E-state index < -0.39 is 34.4 Å². The molecule has 2 unspecified atom stereocenters. The first kappa shape index (κ1) is 20.5. The number of methoxy groups -OCH3 is 2. The third kappa shape index (κ3) is 4.87. The number of carbonyl (C=O) groups is 2. The van der Waals surface area contributed by atoms with E-state index in [1.807, 2.05) is 0 Å². The molecule has 0 bridgehead atoms. The molecule has 1 aromatic carbocycles. The Morgan fingerprint density at radius 1 is 1.23 bits per heavy atom.